The van der Waals surface area contributed by atoms with Crippen LogP contribution in [0.5, 0.6) is 0 Å². The van der Waals surface area contributed by atoms with Gasteiger partial charge in [0, 0.05) is 17.1 Å². The SMILES string of the molecule is Fc1ccc(-c2csc3ncnc(N/N=C\c4ccccn4)c23)cc1. The van der Waals surface area contributed by atoms with Crippen molar-refractivity contribution in [2.75, 3.05) is 5.43 Å². The number of thiophene rings is 1. The second-order valence-corrected chi connectivity index (χ2v) is 6.04. The third kappa shape index (κ3) is 3.22. The number of hydrogen-bond acceptors (Lipinski definition) is 6. The highest BCUT2D eigenvalue weighted by Crippen LogP contribution is 2.36. The number of fused-ring (bicyclic) bond motifs is 1. The minimum absolute atomic E-state index is 0.266. The quantitative estimate of drug-likeness (QED) is 0.440. The Bertz CT molecular complexity index is 1030. The van der Waals surface area contributed by atoms with Crippen molar-refractivity contribution in [3.05, 3.63) is 71.9 Å². The van der Waals surface area contributed by atoms with Crippen LogP contribution in [0.3, 0.4) is 0 Å². The zero-order chi connectivity index (χ0) is 17.1. The molecule has 1 aromatic carbocycles. The van der Waals surface area contributed by atoms with Crippen molar-refractivity contribution in [3.8, 4) is 11.1 Å². The van der Waals surface area contributed by atoms with Gasteiger partial charge in [-0.25, -0.2) is 14.4 Å². The maximum absolute atomic E-state index is 13.2. The highest BCUT2D eigenvalue weighted by Gasteiger charge is 2.12. The predicted octanol–water partition coefficient (Wildman–Crippen LogP) is 4.34. The lowest BCUT2D eigenvalue weighted by Crippen LogP contribution is -1.96. The van der Waals surface area contributed by atoms with E-state index in [1.54, 1.807) is 24.5 Å². The number of anilines is 1. The van der Waals surface area contributed by atoms with Gasteiger partial charge in [-0.2, -0.15) is 5.10 Å². The van der Waals surface area contributed by atoms with E-state index in [0.717, 1.165) is 27.0 Å². The van der Waals surface area contributed by atoms with Crippen LogP contribution in [0.25, 0.3) is 21.3 Å². The van der Waals surface area contributed by atoms with E-state index < -0.39 is 0 Å². The fraction of sp³-hybridized carbons (Fsp3) is 0. The van der Waals surface area contributed by atoms with Gasteiger partial charge in [-0.1, -0.05) is 18.2 Å². The van der Waals surface area contributed by atoms with E-state index >= 15 is 0 Å². The van der Waals surface area contributed by atoms with E-state index in [1.165, 1.54) is 29.8 Å². The lowest BCUT2D eigenvalue weighted by molar-refractivity contribution is 0.628. The number of aromatic nitrogens is 3. The first-order valence-corrected chi connectivity index (χ1v) is 8.37. The molecule has 4 aromatic rings. The second-order valence-electron chi connectivity index (χ2n) is 5.18. The fourth-order valence-electron chi connectivity index (χ4n) is 2.41. The summed E-state index contributed by atoms with van der Waals surface area (Å²) in [6.45, 7) is 0. The van der Waals surface area contributed by atoms with Crippen LogP contribution in [-0.2, 0) is 0 Å². The summed E-state index contributed by atoms with van der Waals surface area (Å²) in [4.78, 5) is 13.6. The van der Waals surface area contributed by atoms with Gasteiger partial charge in [-0.3, -0.25) is 10.4 Å². The van der Waals surface area contributed by atoms with Crippen LogP contribution >= 0.6 is 11.3 Å². The first-order chi connectivity index (χ1) is 12.3. The molecule has 3 heterocycles. The molecule has 3 aromatic heterocycles. The second kappa shape index (κ2) is 6.74. The van der Waals surface area contributed by atoms with E-state index in [0.29, 0.717) is 5.82 Å². The molecule has 0 aliphatic rings. The molecule has 122 valence electrons. The van der Waals surface area contributed by atoms with Crippen molar-refractivity contribution in [2.24, 2.45) is 5.10 Å². The number of nitrogens with zero attached hydrogens (tertiary/aromatic N) is 4. The molecule has 5 nitrogen and oxygen atoms in total. The normalized spacial score (nSPS) is 11.2. The third-order valence-corrected chi connectivity index (χ3v) is 4.47. The summed E-state index contributed by atoms with van der Waals surface area (Å²) in [6.07, 6.45) is 4.82. The average molecular weight is 349 g/mol. The van der Waals surface area contributed by atoms with E-state index in [9.17, 15) is 4.39 Å². The Morgan fingerprint density at radius 1 is 1.04 bits per heavy atom. The van der Waals surface area contributed by atoms with Crippen LogP contribution < -0.4 is 5.43 Å². The van der Waals surface area contributed by atoms with E-state index in [1.807, 2.05) is 23.6 Å². The average Bonchev–Trinajstić information content (AvgIpc) is 3.08. The molecule has 0 fully saturated rings. The van der Waals surface area contributed by atoms with Crippen LogP contribution in [0.4, 0.5) is 10.2 Å². The van der Waals surface area contributed by atoms with Crippen LogP contribution in [0, 0.1) is 5.82 Å². The number of pyridine rings is 1. The van der Waals surface area contributed by atoms with Gasteiger partial charge in [-0.15, -0.1) is 11.3 Å². The van der Waals surface area contributed by atoms with E-state index in [2.05, 4.69) is 25.5 Å². The lowest BCUT2D eigenvalue weighted by Gasteiger charge is -2.04. The molecule has 0 spiro atoms. The molecule has 0 aliphatic heterocycles. The summed E-state index contributed by atoms with van der Waals surface area (Å²) in [5.74, 6) is 0.329. The van der Waals surface area contributed by atoms with Gasteiger partial charge >= 0.3 is 0 Å². The van der Waals surface area contributed by atoms with Crippen LogP contribution in [0.15, 0.2) is 65.5 Å². The Morgan fingerprint density at radius 2 is 1.92 bits per heavy atom. The molecule has 0 amide bonds. The molecule has 1 N–H and O–H groups in total. The molecule has 25 heavy (non-hydrogen) atoms. The van der Waals surface area contributed by atoms with Crippen molar-refractivity contribution in [1.29, 1.82) is 0 Å². The molecule has 0 bridgehead atoms. The van der Waals surface area contributed by atoms with Gasteiger partial charge in [0.25, 0.3) is 0 Å². The first kappa shape index (κ1) is 15.3. The smallest absolute Gasteiger partial charge is 0.159 e. The minimum atomic E-state index is -0.266. The maximum atomic E-state index is 13.2. The number of rotatable bonds is 4. The molecule has 0 aliphatic carbocycles. The summed E-state index contributed by atoms with van der Waals surface area (Å²) in [5.41, 5.74) is 5.54. The number of nitrogens with one attached hydrogen (secondary N) is 1. The van der Waals surface area contributed by atoms with Gasteiger partial charge in [0.15, 0.2) is 5.82 Å². The molecular weight excluding hydrogens is 337 g/mol. The van der Waals surface area contributed by atoms with E-state index in [4.69, 9.17) is 0 Å². The summed E-state index contributed by atoms with van der Waals surface area (Å²) in [6, 6.07) is 12.0. The summed E-state index contributed by atoms with van der Waals surface area (Å²) in [7, 11) is 0. The standard InChI is InChI=1S/C18H12FN5S/c19-13-6-4-12(5-7-13)15-10-25-18-16(15)17(21-11-22-18)24-23-9-14-3-1-2-8-20-14/h1-11H,(H,21,22,24)/b23-9-. The van der Waals surface area contributed by atoms with Crippen LogP contribution in [-0.4, -0.2) is 21.2 Å². The third-order valence-electron chi connectivity index (χ3n) is 3.58. The highest BCUT2D eigenvalue weighted by molar-refractivity contribution is 7.17. The molecule has 4 rings (SSSR count). The van der Waals surface area contributed by atoms with Gasteiger partial charge in [-0.05, 0) is 29.8 Å². The van der Waals surface area contributed by atoms with Gasteiger partial charge < -0.3 is 0 Å². The predicted molar refractivity (Wildman–Crippen MR) is 98.3 cm³/mol. The summed E-state index contributed by atoms with van der Waals surface area (Å²) < 4.78 is 13.2. The Hall–Kier alpha value is -3.19. The summed E-state index contributed by atoms with van der Waals surface area (Å²) >= 11 is 1.51. The fourth-order valence-corrected chi connectivity index (χ4v) is 3.33. The molecule has 0 radical (unpaired) electrons. The Labute approximate surface area is 146 Å². The lowest BCUT2D eigenvalue weighted by atomic mass is 10.1. The molecule has 0 saturated carbocycles. The van der Waals surface area contributed by atoms with Gasteiger partial charge in [0.05, 0.1) is 17.3 Å². The van der Waals surface area contributed by atoms with E-state index in [-0.39, 0.29) is 5.82 Å². The highest BCUT2D eigenvalue weighted by atomic mass is 32.1. The Morgan fingerprint density at radius 3 is 2.72 bits per heavy atom. The van der Waals surface area contributed by atoms with Crippen molar-refractivity contribution in [1.82, 2.24) is 15.0 Å². The van der Waals surface area contributed by atoms with Crippen LogP contribution in [0.2, 0.25) is 0 Å². The minimum Gasteiger partial charge on any atom is -0.261 e. The Kier molecular flexibility index (Phi) is 4.14. The molecule has 0 saturated heterocycles. The van der Waals surface area contributed by atoms with Crippen molar-refractivity contribution >= 4 is 33.6 Å². The van der Waals surface area contributed by atoms with Crippen LogP contribution in [0.1, 0.15) is 5.69 Å². The number of hydrogen-bond donors (Lipinski definition) is 1. The molecule has 7 heteroatoms. The maximum Gasteiger partial charge on any atom is 0.159 e. The van der Waals surface area contributed by atoms with Crippen molar-refractivity contribution in [2.45, 2.75) is 0 Å². The topological polar surface area (TPSA) is 63.1 Å². The largest absolute Gasteiger partial charge is 0.261 e. The number of halogens is 1. The summed E-state index contributed by atoms with van der Waals surface area (Å²) in [5, 5.41) is 7.05. The number of benzene rings is 1. The number of hydrazone groups is 1. The Balaban J connectivity index is 1.70. The molecule has 0 atom stereocenters. The first-order valence-electron chi connectivity index (χ1n) is 7.49. The molecular formula is C18H12FN5S. The van der Waals surface area contributed by atoms with Crippen molar-refractivity contribution < 1.29 is 4.39 Å². The zero-order valence-electron chi connectivity index (χ0n) is 12.9. The monoisotopic (exact) mass is 349 g/mol. The van der Waals surface area contributed by atoms with Gasteiger partial charge in [0.2, 0.25) is 0 Å². The van der Waals surface area contributed by atoms with Crippen molar-refractivity contribution in [3.63, 3.8) is 0 Å². The zero-order valence-corrected chi connectivity index (χ0v) is 13.7. The van der Waals surface area contributed by atoms with Gasteiger partial charge in [0.1, 0.15) is 17.0 Å². The molecule has 0 unspecified atom stereocenters.